The number of nitrogens with zero attached hydrogens (tertiary/aromatic N) is 4. The zero-order valence-corrected chi connectivity index (χ0v) is 16.6. The minimum atomic E-state index is -0.111. The fraction of sp³-hybridized carbons (Fsp3) is 0.136. The Hall–Kier alpha value is -3.45. The number of thiophene rings is 1. The topological polar surface area (TPSA) is 64.7 Å². The van der Waals surface area contributed by atoms with Crippen LogP contribution in [-0.2, 0) is 11.3 Å². The first kappa shape index (κ1) is 18.9. The second-order valence-electron chi connectivity index (χ2n) is 6.47. The van der Waals surface area contributed by atoms with Gasteiger partial charge in [-0.2, -0.15) is 5.10 Å². The van der Waals surface area contributed by atoms with Crippen molar-refractivity contribution in [3.05, 3.63) is 84.4 Å². The third-order valence-corrected chi connectivity index (χ3v) is 5.26. The Bertz CT molecular complexity index is 1070. The molecule has 0 fully saturated rings. The van der Waals surface area contributed by atoms with Crippen LogP contribution in [0.3, 0.4) is 0 Å². The molecule has 146 valence electrons. The van der Waals surface area contributed by atoms with Crippen LogP contribution in [0.5, 0.6) is 0 Å². The van der Waals surface area contributed by atoms with E-state index in [9.17, 15) is 4.79 Å². The van der Waals surface area contributed by atoms with E-state index in [1.807, 2.05) is 75.6 Å². The van der Waals surface area contributed by atoms with Crippen molar-refractivity contribution in [2.45, 2.75) is 13.0 Å². The van der Waals surface area contributed by atoms with E-state index in [2.05, 4.69) is 10.3 Å². The lowest BCUT2D eigenvalue weighted by molar-refractivity contribution is -0.116. The first-order chi connectivity index (χ1) is 14.3. The predicted molar refractivity (Wildman–Crippen MR) is 116 cm³/mol. The maximum atomic E-state index is 12.2. The molecule has 0 saturated carbocycles. The summed E-state index contributed by atoms with van der Waals surface area (Å²) >= 11 is 1.63. The number of amides is 1. The zero-order valence-electron chi connectivity index (χ0n) is 15.8. The second kappa shape index (κ2) is 9.16. The first-order valence-electron chi connectivity index (χ1n) is 9.40. The molecule has 3 heterocycles. The maximum Gasteiger partial charge on any atom is 0.244 e. The lowest BCUT2D eigenvalue weighted by Gasteiger charge is -2.03. The zero-order chi connectivity index (χ0) is 19.9. The summed E-state index contributed by atoms with van der Waals surface area (Å²) in [6.07, 6.45) is 11.6. The number of carbonyl (C=O) groups is 1. The van der Waals surface area contributed by atoms with Gasteiger partial charge in [0.1, 0.15) is 5.69 Å². The highest BCUT2D eigenvalue weighted by atomic mass is 32.1. The highest BCUT2D eigenvalue weighted by Gasteiger charge is 2.11. The lowest BCUT2D eigenvalue weighted by atomic mass is 10.2. The van der Waals surface area contributed by atoms with Gasteiger partial charge in [0.25, 0.3) is 0 Å². The van der Waals surface area contributed by atoms with E-state index in [1.165, 1.54) is 0 Å². The number of benzene rings is 1. The van der Waals surface area contributed by atoms with E-state index in [-0.39, 0.29) is 5.91 Å². The van der Waals surface area contributed by atoms with Gasteiger partial charge in [-0.3, -0.25) is 4.79 Å². The molecule has 6 nitrogen and oxygen atoms in total. The van der Waals surface area contributed by atoms with Gasteiger partial charge >= 0.3 is 0 Å². The third-order valence-electron chi connectivity index (χ3n) is 4.38. The summed E-state index contributed by atoms with van der Waals surface area (Å²) in [6.45, 7) is 1.44. The van der Waals surface area contributed by atoms with Crippen LogP contribution in [0.1, 0.15) is 12.0 Å². The molecule has 0 radical (unpaired) electrons. The molecule has 0 atom stereocenters. The van der Waals surface area contributed by atoms with Gasteiger partial charge in [-0.25, -0.2) is 9.67 Å². The number of imidazole rings is 1. The summed E-state index contributed by atoms with van der Waals surface area (Å²) in [5, 5.41) is 9.69. The minimum absolute atomic E-state index is 0.111. The van der Waals surface area contributed by atoms with Crippen LogP contribution in [0.4, 0.5) is 0 Å². The second-order valence-corrected chi connectivity index (χ2v) is 7.42. The van der Waals surface area contributed by atoms with Crippen LogP contribution in [0.2, 0.25) is 0 Å². The van der Waals surface area contributed by atoms with Gasteiger partial charge in [-0.1, -0.05) is 24.3 Å². The molecule has 1 N–H and O–H groups in total. The molecule has 0 saturated heterocycles. The fourth-order valence-corrected chi connectivity index (χ4v) is 3.67. The number of aryl methyl sites for hydroxylation is 1. The number of hydrogen-bond acceptors (Lipinski definition) is 4. The molecule has 4 rings (SSSR count). The molecule has 0 unspecified atom stereocenters. The van der Waals surface area contributed by atoms with Crippen LogP contribution in [0.25, 0.3) is 22.3 Å². The molecular weight excluding hydrogens is 382 g/mol. The van der Waals surface area contributed by atoms with Crippen molar-refractivity contribution in [2.24, 2.45) is 0 Å². The van der Waals surface area contributed by atoms with Gasteiger partial charge in [-0.15, -0.1) is 11.3 Å². The van der Waals surface area contributed by atoms with E-state index in [0.717, 1.165) is 34.8 Å². The van der Waals surface area contributed by atoms with Gasteiger partial charge in [-0.05, 0) is 36.1 Å². The first-order valence-corrected chi connectivity index (χ1v) is 10.3. The Morgan fingerprint density at radius 1 is 1.17 bits per heavy atom. The summed E-state index contributed by atoms with van der Waals surface area (Å²) in [5.41, 5.74) is 2.76. The molecule has 1 aromatic carbocycles. The molecule has 0 aliphatic carbocycles. The molecule has 3 aromatic heterocycles. The van der Waals surface area contributed by atoms with Crippen molar-refractivity contribution < 1.29 is 4.79 Å². The lowest BCUT2D eigenvalue weighted by Crippen LogP contribution is -2.22. The van der Waals surface area contributed by atoms with E-state index in [1.54, 1.807) is 29.9 Å². The normalized spacial score (nSPS) is 11.2. The van der Waals surface area contributed by atoms with Gasteiger partial charge in [0.05, 0.1) is 16.9 Å². The van der Waals surface area contributed by atoms with Gasteiger partial charge in [0, 0.05) is 43.3 Å². The molecule has 0 bridgehead atoms. The maximum absolute atomic E-state index is 12.2. The minimum Gasteiger partial charge on any atom is -0.352 e. The number of aromatic nitrogens is 4. The largest absolute Gasteiger partial charge is 0.352 e. The van der Waals surface area contributed by atoms with Crippen molar-refractivity contribution >= 4 is 23.3 Å². The fourth-order valence-electron chi connectivity index (χ4n) is 2.94. The van der Waals surface area contributed by atoms with Crippen LogP contribution in [-0.4, -0.2) is 31.8 Å². The summed E-state index contributed by atoms with van der Waals surface area (Å²) in [4.78, 5) is 17.3. The number of para-hydroxylation sites is 1. The summed E-state index contributed by atoms with van der Waals surface area (Å²) < 4.78 is 3.84. The van der Waals surface area contributed by atoms with Gasteiger partial charge in [0.15, 0.2) is 0 Å². The van der Waals surface area contributed by atoms with Crippen LogP contribution in [0, 0.1) is 0 Å². The Morgan fingerprint density at radius 3 is 2.83 bits per heavy atom. The molecular formula is C22H21N5OS. The summed E-state index contributed by atoms with van der Waals surface area (Å²) in [5.74, 6) is -0.111. The van der Waals surface area contributed by atoms with Crippen molar-refractivity contribution in [2.75, 3.05) is 6.54 Å². The average molecular weight is 404 g/mol. The van der Waals surface area contributed by atoms with Crippen LogP contribution < -0.4 is 5.32 Å². The molecule has 7 heteroatoms. The molecule has 4 aromatic rings. The van der Waals surface area contributed by atoms with Crippen LogP contribution in [0.15, 0.2) is 78.8 Å². The molecule has 29 heavy (non-hydrogen) atoms. The molecule has 0 aliphatic rings. The van der Waals surface area contributed by atoms with Crippen molar-refractivity contribution in [3.8, 4) is 16.3 Å². The van der Waals surface area contributed by atoms with Crippen LogP contribution >= 0.6 is 11.3 Å². The van der Waals surface area contributed by atoms with Crippen molar-refractivity contribution in [1.29, 1.82) is 0 Å². The monoisotopic (exact) mass is 403 g/mol. The van der Waals surface area contributed by atoms with E-state index < -0.39 is 0 Å². The average Bonchev–Trinajstić information content (AvgIpc) is 3.52. The molecule has 0 spiro atoms. The smallest absolute Gasteiger partial charge is 0.244 e. The molecule has 0 aliphatic heterocycles. The number of hydrogen-bond donors (Lipinski definition) is 1. The Kier molecular flexibility index (Phi) is 5.97. The third kappa shape index (κ3) is 4.89. The Morgan fingerprint density at radius 2 is 2.07 bits per heavy atom. The molecule has 1 amide bonds. The quantitative estimate of drug-likeness (QED) is 0.357. The van der Waals surface area contributed by atoms with E-state index in [0.29, 0.717) is 6.54 Å². The standard InChI is InChI=1S/C22H21N5OS/c28-21(24-11-5-13-26-14-12-23-17-26)10-9-18-16-27(19-6-2-1-3-7-19)25-22(18)20-8-4-15-29-20/h1-4,6-10,12,14-17H,5,11,13H2,(H,24,28). The number of nitrogens with one attached hydrogen (secondary N) is 1. The summed E-state index contributed by atoms with van der Waals surface area (Å²) in [6, 6.07) is 14.0. The SMILES string of the molecule is O=C(C=Cc1cn(-c2ccccc2)nc1-c1cccs1)NCCCn1ccnc1. The Labute approximate surface area is 173 Å². The highest BCUT2D eigenvalue weighted by molar-refractivity contribution is 7.13. The van der Waals surface area contributed by atoms with Crippen molar-refractivity contribution in [3.63, 3.8) is 0 Å². The van der Waals surface area contributed by atoms with Crippen molar-refractivity contribution in [1.82, 2.24) is 24.6 Å². The summed E-state index contributed by atoms with van der Waals surface area (Å²) in [7, 11) is 0. The van der Waals surface area contributed by atoms with Gasteiger partial charge < -0.3 is 9.88 Å². The number of carbonyl (C=O) groups excluding carboxylic acids is 1. The number of rotatable bonds is 8. The Balaban J connectivity index is 1.44. The van der Waals surface area contributed by atoms with Gasteiger partial charge in [0.2, 0.25) is 5.91 Å². The van der Waals surface area contributed by atoms with E-state index >= 15 is 0 Å². The van der Waals surface area contributed by atoms with E-state index in [4.69, 9.17) is 5.10 Å². The highest BCUT2D eigenvalue weighted by Crippen LogP contribution is 2.28. The predicted octanol–water partition coefficient (Wildman–Crippen LogP) is 4.02.